The Balaban J connectivity index is 1.04. The van der Waals surface area contributed by atoms with Crippen LogP contribution in [0.1, 0.15) is 58.3 Å². The minimum atomic E-state index is -1.64. The highest BCUT2D eigenvalue weighted by atomic mass is 19.1. The molecule has 11 nitrogen and oxygen atoms in total. The summed E-state index contributed by atoms with van der Waals surface area (Å²) in [5.41, 5.74) is -1.64. The van der Waals surface area contributed by atoms with Gasteiger partial charge in [0.25, 0.3) is 11.8 Å². The van der Waals surface area contributed by atoms with E-state index in [4.69, 9.17) is 14.0 Å². The summed E-state index contributed by atoms with van der Waals surface area (Å²) >= 11 is 0. The molecule has 0 amide bonds. The van der Waals surface area contributed by atoms with Gasteiger partial charge in [0.05, 0.1) is 24.6 Å². The second kappa shape index (κ2) is 9.61. The van der Waals surface area contributed by atoms with Gasteiger partial charge in [0.15, 0.2) is 11.5 Å². The van der Waals surface area contributed by atoms with Crippen molar-refractivity contribution in [2.45, 2.75) is 76.4 Å². The highest BCUT2D eigenvalue weighted by molar-refractivity contribution is 5.29. The van der Waals surface area contributed by atoms with E-state index in [0.717, 1.165) is 51.6 Å². The van der Waals surface area contributed by atoms with Crippen molar-refractivity contribution >= 4 is 5.95 Å². The number of ether oxygens (including phenoxy) is 2. The predicted octanol–water partition coefficient (Wildman–Crippen LogP) is 3.02. The van der Waals surface area contributed by atoms with Crippen molar-refractivity contribution in [3.05, 3.63) is 30.9 Å². The number of alkyl halides is 1. The standard InChI is InChI=1S/C22H29FN8O3/c1-22(2,23)20-28-21(29-34-20)30-9-7-17(8-10-30)32-15-3-5-16(6-4-15)33-19-12-25-18(11-26-19)31-14-24-13-27-31/h11-17H,3-10H2,1-2H3. The molecule has 12 heteroatoms. The molecule has 34 heavy (non-hydrogen) atoms. The Morgan fingerprint density at radius 3 is 2.35 bits per heavy atom. The first-order valence-corrected chi connectivity index (χ1v) is 11.7. The van der Waals surface area contributed by atoms with Crippen LogP contribution in [0.3, 0.4) is 0 Å². The molecule has 0 bridgehead atoms. The smallest absolute Gasteiger partial charge is 0.266 e. The number of hydrogen-bond donors (Lipinski definition) is 0. The lowest BCUT2D eigenvalue weighted by molar-refractivity contribution is -0.0532. The predicted molar refractivity (Wildman–Crippen MR) is 118 cm³/mol. The quantitative estimate of drug-likeness (QED) is 0.508. The molecule has 0 radical (unpaired) electrons. The Morgan fingerprint density at radius 2 is 1.74 bits per heavy atom. The van der Waals surface area contributed by atoms with E-state index in [0.29, 0.717) is 17.6 Å². The molecule has 1 saturated carbocycles. The van der Waals surface area contributed by atoms with Gasteiger partial charge in [-0.25, -0.2) is 24.0 Å². The van der Waals surface area contributed by atoms with Gasteiger partial charge in [-0.15, -0.1) is 0 Å². The number of piperidine rings is 1. The summed E-state index contributed by atoms with van der Waals surface area (Å²) in [7, 11) is 0. The van der Waals surface area contributed by atoms with Crippen molar-refractivity contribution in [3.8, 4) is 11.7 Å². The summed E-state index contributed by atoms with van der Waals surface area (Å²) in [4.78, 5) is 18.8. The molecule has 4 heterocycles. The normalized spacial score (nSPS) is 22.1. The molecule has 1 aliphatic heterocycles. The number of rotatable bonds is 7. The summed E-state index contributed by atoms with van der Waals surface area (Å²) < 4.78 is 33.0. The van der Waals surface area contributed by atoms with Crippen LogP contribution in [0.4, 0.5) is 10.3 Å². The topological polar surface area (TPSA) is 117 Å². The lowest BCUT2D eigenvalue weighted by atomic mass is 9.94. The summed E-state index contributed by atoms with van der Waals surface area (Å²) in [6.07, 6.45) is 12.3. The first-order chi connectivity index (χ1) is 16.4. The molecule has 1 aliphatic carbocycles. The summed E-state index contributed by atoms with van der Waals surface area (Å²) in [6, 6.07) is 0. The third-order valence-electron chi connectivity index (χ3n) is 6.21. The van der Waals surface area contributed by atoms with E-state index in [-0.39, 0.29) is 24.2 Å². The minimum absolute atomic E-state index is 0.0111. The second-order valence-corrected chi connectivity index (χ2v) is 9.26. The SMILES string of the molecule is CC(C)(F)c1nc(N2CCC(OC3CCC(Oc4cnc(-n5cncn5)cn4)CC3)CC2)no1. The lowest BCUT2D eigenvalue weighted by Crippen LogP contribution is -2.40. The van der Waals surface area contributed by atoms with Gasteiger partial charge in [0.1, 0.15) is 18.8 Å². The number of halogens is 1. The molecule has 5 rings (SSSR count). The van der Waals surface area contributed by atoms with Crippen molar-refractivity contribution in [1.29, 1.82) is 0 Å². The molecule has 0 unspecified atom stereocenters. The molecule has 0 N–H and O–H groups in total. The monoisotopic (exact) mass is 472 g/mol. The second-order valence-electron chi connectivity index (χ2n) is 9.26. The van der Waals surface area contributed by atoms with Crippen LogP contribution in [-0.2, 0) is 10.4 Å². The Hall–Kier alpha value is -3.15. The van der Waals surface area contributed by atoms with Crippen molar-refractivity contribution < 1.29 is 18.4 Å². The third kappa shape index (κ3) is 5.32. The molecule has 0 spiro atoms. The van der Waals surface area contributed by atoms with Crippen LogP contribution in [0.2, 0.25) is 0 Å². The van der Waals surface area contributed by atoms with Crippen LogP contribution in [0.15, 0.2) is 29.6 Å². The van der Waals surface area contributed by atoms with E-state index in [1.807, 2.05) is 4.90 Å². The molecule has 182 valence electrons. The van der Waals surface area contributed by atoms with E-state index in [9.17, 15) is 4.39 Å². The van der Waals surface area contributed by atoms with Crippen LogP contribution < -0.4 is 9.64 Å². The highest BCUT2D eigenvalue weighted by Gasteiger charge is 2.31. The zero-order chi connectivity index (χ0) is 23.5. The zero-order valence-corrected chi connectivity index (χ0v) is 19.4. The number of aromatic nitrogens is 7. The van der Waals surface area contributed by atoms with Crippen molar-refractivity contribution in [2.75, 3.05) is 18.0 Å². The molecule has 0 aromatic carbocycles. The number of nitrogens with zero attached hydrogens (tertiary/aromatic N) is 8. The van der Waals surface area contributed by atoms with Crippen LogP contribution in [0.25, 0.3) is 5.82 Å². The lowest BCUT2D eigenvalue weighted by Gasteiger charge is -2.35. The molecule has 2 fully saturated rings. The summed E-state index contributed by atoms with van der Waals surface area (Å²) in [5, 5.41) is 7.97. The molecule has 1 saturated heterocycles. The fourth-order valence-electron chi connectivity index (χ4n) is 4.32. The molecular weight excluding hydrogens is 443 g/mol. The Labute approximate surface area is 196 Å². The van der Waals surface area contributed by atoms with Gasteiger partial charge in [-0.2, -0.15) is 10.1 Å². The van der Waals surface area contributed by atoms with E-state index in [1.165, 1.54) is 20.2 Å². The van der Waals surface area contributed by atoms with Gasteiger partial charge in [-0.1, -0.05) is 0 Å². The number of anilines is 1. The maximum atomic E-state index is 14.0. The van der Waals surface area contributed by atoms with Crippen molar-refractivity contribution in [3.63, 3.8) is 0 Å². The Bertz CT molecular complexity index is 1040. The minimum Gasteiger partial charge on any atom is -0.473 e. The Kier molecular flexibility index (Phi) is 6.40. The summed E-state index contributed by atoms with van der Waals surface area (Å²) in [5.74, 6) is 1.58. The van der Waals surface area contributed by atoms with Gasteiger partial charge < -0.3 is 18.9 Å². The molecular formula is C22H29FN8O3. The first kappa shape index (κ1) is 22.6. The fourth-order valence-corrected chi connectivity index (χ4v) is 4.32. The average Bonchev–Trinajstić information content (AvgIpc) is 3.54. The van der Waals surface area contributed by atoms with E-state index >= 15 is 0 Å². The van der Waals surface area contributed by atoms with Gasteiger partial charge in [0.2, 0.25) is 5.88 Å². The highest BCUT2D eigenvalue weighted by Crippen LogP contribution is 2.29. The molecule has 0 atom stereocenters. The maximum absolute atomic E-state index is 14.0. The maximum Gasteiger partial charge on any atom is 0.266 e. The molecule has 3 aromatic heterocycles. The van der Waals surface area contributed by atoms with Crippen LogP contribution in [0.5, 0.6) is 5.88 Å². The van der Waals surface area contributed by atoms with E-state index < -0.39 is 5.67 Å². The van der Waals surface area contributed by atoms with Crippen LogP contribution in [0, 0.1) is 0 Å². The third-order valence-corrected chi connectivity index (χ3v) is 6.21. The first-order valence-electron chi connectivity index (χ1n) is 11.7. The van der Waals surface area contributed by atoms with Gasteiger partial charge in [-0.05, 0) is 57.5 Å². The van der Waals surface area contributed by atoms with Crippen molar-refractivity contribution in [1.82, 2.24) is 34.9 Å². The zero-order valence-electron chi connectivity index (χ0n) is 19.4. The van der Waals surface area contributed by atoms with Crippen molar-refractivity contribution in [2.24, 2.45) is 0 Å². The number of hydrogen-bond acceptors (Lipinski definition) is 10. The Morgan fingerprint density at radius 1 is 1.00 bits per heavy atom. The van der Waals surface area contributed by atoms with Gasteiger partial charge >= 0.3 is 0 Å². The average molecular weight is 473 g/mol. The molecule has 3 aromatic rings. The fraction of sp³-hybridized carbons (Fsp3) is 0.636. The van der Waals surface area contributed by atoms with Gasteiger partial charge in [0, 0.05) is 13.1 Å². The summed E-state index contributed by atoms with van der Waals surface area (Å²) in [6.45, 7) is 4.35. The van der Waals surface area contributed by atoms with Crippen LogP contribution >= 0.6 is 0 Å². The molecule has 2 aliphatic rings. The van der Waals surface area contributed by atoms with E-state index in [2.05, 4.69) is 30.2 Å². The van der Waals surface area contributed by atoms with Gasteiger partial charge in [-0.3, -0.25) is 0 Å². The van der Waals surface area contributed by atoms with Crippen LogP contribution in [-0.4, -0.2) is 66.3 Å². The largest absolute Gasteiger partial charge is 0.473 e. The van der Waals surface area contributed by atoms with E-state index in [1.54, 1.807) is 23.4 Å².